The van der Waals surface area contributed by atoms with Gasteiger partial charge in [-0.1, -0.05) is 12.2 Å². The lowest BCUT2D eigenvalue weighted by Gasteiger charge is -2.11. The zero-order valence-corrected chi connectivity index (χ0v) is 13.5. The van der Waals surface area contributed by atoms with E-state index in [9.17, 15) is 4.79 Å². The number of carbonyl (C=O) groups excluding carboxylic acids is 1. The number of aromatic nitrogens is 4. The molecule has 0 spiro atoms. The minimum absolute atomic E-state index is 0.272. The first-order valence-electron chi connectivity index (χ1n) is 7.77. The van der Waals surface area contributed by atoms with Crippen molar-refractivity contribution in [1.29, 1.82) is 0 Å². The lowest BCUT2D eigenvalue weighted by molar-refractivity contribution is -0.117. The molecule has 3 heterocycles. The quantitative estimate of drug-likeness (QED) is 0.637. The van der Waals surface area contributed by atoms with Crippen LogP contribution < -0.4 is 11.1 Å². The molecule has 0 aromatic carbocycles. The first-order valence-corrected chi connectivity index (χ1v) is 7.77. The molecule has 1 amide bonds. The van der Waals surface area contributed by atoms with Gasteiger partial charge in [-0.2, -0.15) is 0 Å². The maximum Gasteiger partial charge on any atom is 0.241 e. The summed E-state index contributed by atoms with van der Waals surface area (Å²) in [6, 6.07) is 4.98. The molecule has 126 valence electrons. The number of nitrogens with two attached hydrogens (primary N) is 1. The second-order valence-electron chi connectivity index (χ2n) is 5.50. The predicted molar refractivity (Wildman–Crippen MR) is 96.3 cm³/mol. The van der Waals surface area contributed by atoms with Crippen LogP contribution in [-0.4, -0.2) is 31.9 Å². The lowest BCUT2D eigenvalue weighted by Crippen LogP contribution is -2.37. The molecule has 7 nitrogen and oxygen atoms in total. The van der Waals surface area contributed by atoms with Crippen LogP contribution in [0.5, 0.6) is 0 Å². The average molecular weight is 334 g/mol. The Balaban J connectivity index is 1.63. The molecule has 1 atom stereocenters. The largest absolute Gasteiger partial charge is 0.348 e. The van der Waals surface area contributed by atoms with Gasteiger partial charge in [0.05, 0.1) is 24.3 Å². The fraction of sp³-hybridized carbons (Fsp3) is 0.111. The third-order valence-electron chi connectivity index (χ3n) is 3.53. The van der Waals surface area contributed by atoms with Crippen molar-refractivity contribution in [2.24, 2.45) is 5.73 Å². The Morgan fingerprint density at radius 2 is 1.92 bits per heavy atom. The van der Waals surface area contributed by atoms with Crippen molar-refractivity contribution in [1.82, 2.24) is 19.9 Å². The van der Waals surface area contributed by atoms with Gasteiger partial charge >= 0.3 is 0 Å². The van der Waals surface area contributed by atoms with Gasteiger partial charge in [-0.15, -0.1) is 0 Å². The normalized spacial score (nSPS) is 12.2. The van der Waals surface area contributed by atoms with E-state index < -0.39 is 6.04 Å². The van der Waals surface area contributed by atoms with E-state index in [0.717, 1.165) is 16.8 Å². The Bertz CT molecular complexity index is 845. The van der Waals surface area contributed by atoms with E-state index in [4.69, 9.17) is 5.73 Å². The van der Waals surface area contributed by atoms with Gasteiger partial charge in [-0.25, -0.2) is 4.98 Å². The highest BCUT2D eigenvalue weighted by atomic mass is 16.2. The van der Waals surface area contributed by atoms with Crippen LogP contribution >= 0.6 is 0 Å². The molecular weight excluding hydrogens is 316 g/mol. The second-order valence-corrected chi connectivity index (χ2v) is 5.50. The summed E-state index contributed by atoms with van der Waals surface area (Å²) in [6.45, 7) is 0. The van der Waals surface area contributed by atoms with Gasteiger partial charge in [0, 0.05) is 36.9 Å². The number of aromatic amines is 1. The number of nitrogens with one attached hydrogen (secondary N) is 2. The fourth-order valence-corrected chi connectivity index (χ4v) is 2.25. The molecule has 3 aromatic rings. The van der Waals surface area contributed by atoms with E-state index in [2.05, 4.69) is 25.3 Å². The monoisotopic (exact) mass is 334 g/mol. The number of hydrogen-bond donors (Lipinski definition) is 3. The van der Waals surface area contributed by atoms with Crippen molar-refractivity contribution >= 4 is 23.7 Å². The summed E-state index contributed by atoms with van der Waals surface area (Å²) < 4.78 is 0. The van der Waals surface area contributed by atoms with Crippen LogP contribution in [0, 0.1) is 0 Å². The van der Waals surface area contributed by atoms with Crippen LogP contribution in [0.25, 0.3) is 12.2 Å². The number of H-pyrrole nitrogens is 1. The van der Waals surface area contributed by atoms with E-state index in [0.29, 0.717) is 12.1 Å². The van der Waals surface area contributed by atoms with Gasteiger partial charge < -0.3 is 16.0 Å². The summed E-state index contributed by atoms with van der Waals surface area (Å²) >= 11 is 0. The Labute approximate surface area is 145 Å². The summed E-state index contributed by atoms with van der Waals surface area (Å²) in [4.78, 5) is 27.2. The highest BCUT2D eigenvalue weighted by Gasteiger charge is 2.15. The third-order valence-corrected chi connectivity index (χ3v) is 3.53. The number of rotatable bonds is 6. The second kappa shape index (κ2) is 7.98. The van der Waals surface area contributed by atoms with Gasteiger partial charge in [0.2, 0.25) is 5.91 Å². The predicted octanol–water partition coefficient (Wildman–Crippen LogP) is 1.88. The van der Waals surface area contributed by atoms with E-state index >= 15 is 0 Å². The molecule has 0 aliphatic heterocycles. The first-order chi connectivity index (χ1) is 12.2. The SMILES string of the molecule is N[C@@H](Cc1cnc[nH]1)C(=O)Nc1cncc(C=Cc2ccncc2)c1. The van der Waals surface area contributed by atoms with Crippen LogP contribution in [-0.2, 0) is 11.2 Å². The molecule has 3 rings (SSSR count). The molecule has 0 saturated heterocycles. The first kappa shape index (κ1) is 16.5. The number of pyridine rings is 2. The van der Waals surface area contributed by atoms with Crippen molar-refractivity contribution in [3.8, 4) is 0 Å². The zero-order chi connectivity index (χ0) is 17.5. The number of amides is 1. The Morgan fingerprint density at radius 1 is 1.12 bits per heavy atom. The maximum absolute atomic E-state index is 12.2. The Hall–Kier alpha value is -3.32. The summed E-state index contributed by atoms with van der Waals surface area (Å²) in [5, 5.41) is 2.79. The maximum atomic E-state index is 12.2. The fourth-order valence-electron chi connectivity index (χ4n) is 2.25. The number of imidazole rings is 1. The van der Waals surface area contributed by atoms with Crippen molar-refractivity contribution in [3.05, 3.63) is 72.3 Å². The molecule has 25 heavy (non-hydrogen) atoms. The van der Waals surface area contributed by atoms with Crippen molar-refractivity contribution in [3.63, 3.8) is 0 Å². The Kier molecular flexibility index (Phi) is 5.28. The highest BCUT2D eigenvalue weighted by molar-refractivity contribution is 5.95. The summed E-state index contributed by atoms with van der Waals surface area (Å²) in [5.74, 6) is -0.272. The number of anilines is 1. The molecule has 7 heteroatoms. The number of carbonyl (C=O) groups is 1. The van der Waals surface area contributed by atoms with Crippen molar-refractivity contribution in [2.45, 2.75) is 12.5 Å². The molecular formula is C18H18N6O. The van der Waals surface area contributed by atoms with Crippen LogP contribution in [0.15, 0.2) is 55.5 Å². The standard InChI is InChI=1S/C18H18N6O/c19-17(8-15-10-22-12-23-15)18(25)24-16-7-14(9-21-11-16)2-1-13-3-5-20-6-4-13/h1-7,9-12,17H,8,19H2,(H,22,23)(H,24,25)/t17-/m0/s1. The van der Waals surface area contributed by atoms with E-state index in [1.807, 2.05) is 30.4 Å². The Morgan fingerprint density at radius 3 is 2.68 bits per heavy atom. The minimum Gasteiger partial charge on any atom is -0.348 e. The lowest BCUT2D eigenvalue weighted by atomic mass is 10.1. The summed E-state index contributed by atoms with van der Waals surface area (Å²) in [7, 11) is 0. The van der Waals surface area contributed by atoms with Gasteiger partial charge in [0.1, 0.15) is 0 Å². The molecule has 3 aromatic heterocycles. The van der Waals surface area contributed by atoms with E-state index in [-0.39, 0.29) is 5.91 Å². The number of nitrogens with zero attached hydrogens (tertiary/aromatic N) is 3. The van der Waals surface area contributed by atoms with Crippen LogP contribution in [0.4, 0.5) is 5.69 Å². The van der Waals surface area contributed by atoms with Gasteiger partial charge in [-0.3, -0.25) is 14.8 Å². The zero-order valence-electron chi connectivity index (χ0n) is 13.5. The van der Waals surface area contributed by atoms with Gasteiger partial charge in [0.15, 0.2) is 0 Å². The van der Waals surface area contributed by atoms with Crippen molar-refractivity contribution < 1.29 is 4.79 Å². The summed E-state index contributed by atoms with van der Waals surface area (Å²) in [6.07, 6.45) is 14.2. The third kappa shape index (κ3) is 4.82. The molecule has 0 saturated carbocycles. The van der Waals surface area contributed by atoms with Crippen LogP contribution in [0.1, 0.15) is 16.8 Å². The smallest absolute Gasteiger partial charge is 0.241 e. The molecule has 4 N–H and O–H groups in total. The van der Waals surface area contributed by atoms with Crippen LogP contribution in [0.2, 0.25) is 0 Å². The van der Waals surface area contributed by atoms with Gasteiger partial charge in [-0.05, 0) is 29.3 Å². The van der Waals surface area contributed by atoms with Gasteiger partial charge in [0.25, 0.3) is 0 Å². The number of hydrogen-bond acceptors (Lipinski definition) is 5. The molecule has 0 fully saturated rings. The average Bonchev–Trinajstić information content (AvgIpc) is 3.14. The molecule has 0 unspecified atom stereocenters. The molecule has 0 bridgehead atoms. The van der Waals surface area contributed by atoms with Crippen molar-refractivity contribution in [2.75, 3.05) is 5.32 Å². The van der Waals surface area contributed by atoms with Crippen LogP contribution in [0.3, 0.4) is 0 Å². The topological polar surface area (TPSA) is 110 Å². The molecule has 0 aliphatic rings. The molecule has 0 aliphatic carbocycles. The van der Waals surface area contributed by atoms with E-state index in [1.54, 1.807) is 37.3 Å². The van der Waals surface area contributed by atoms with E-state index in [1.165, 1.54) is 0 Å². The minimum atomic E-state index is -0.670. The summed E-state index contributed by atoms with van der Waals surface area (Å²) in [5.41, 5.74) is 9.25. The highest BCUT2D eigenvalue weighted by Crippen LogP contribution is 2.12. The molecule has 0 radical (unpaired) electrons.